The highest BCUT2D eigenvalue weighted by molar-refractivity contribution is 6.71. The summed E-state index contributed by atoms with van der Waals surface area (Å²) in [5, 5.41) is 0. The Kier molecular flexibility index (Phi) is 6.13. The number of nitrogens with zero attached hydrogens (tertiary/aromatic N) is 2. The van der Waals surface area contributed by atoms with E-state index in [0.717, 1.165) is 11.1 Å². The lowest BCUT2D eigenvalue weighted by Gasteiger charge is -2.73. The fourth-order valence-corrected chi connectivity index (χ4v) is 5.40. The molecule has 35 heavy (non-hydrogen) atoms. The normalized spacial score (nSPS) is 16.9. The van der Waals surface area contributed by atoms with Gasteiger partial charge in [-0.05, 0) is 52.7 Å². The van der Waals surface area contributed by atoms with Crippen molar-refractivity contribution < 1.29 is 22.0 Å². The third-order valence-electron chi connectivity index (χ3n) is 6.49. The zero-order valence-electron chi connectivity index (χ0n) is 20.6. The summed E-state index contributed by atoms with van der Waals surface area (Å²) in [6, 6.07) is 18.9. The van der Waals surface area contributed by atoms with Gasteiger partial charge in [0.25, 0.3) is 0 Å². The van der Waals surface area contributed by atoms with Crippen molar-refractivity contribution in [3.05, 3.63) is 101 Å². The minimum absolute atomic E-state index is 0.752. The van der Waals surface area contributed by atoms with Gasteiger partial charge >= 0.3 is 6.98 Å². The number of rotatable bonds is 3. The van der Waals surface area contributed by atoms with E-state index in [1.807, 2.05) is 112 Å². The maximum absolute atomic E-state index is 15.3. The molecule has 1 aliphatic rings. The molecule has 0 amide bonds. The summed E-state index contributed by atoms with van der Waals surface area (Å²) in [7, 11) is 0. The predicted octanol–water partition coefficient (Wildman–Crippen LogP) is 6.19. The van der Waals surface area contributed by atoms with Gasteiger partial charge in [0, 0.05) is 16.5 Å². The van der Waals surface area contributed by atoms with E-state index in [0.29, 0.717) is 0 Å². The van der Waals surface area contributed by atoms with Gasteiger partial charge in [-0.15, -0.1) is 0 Å². The zero-order chi connectivity index (χ0) is 25.9. The molecule has 1 saturated heterocycles. The molecule has 0 radical (unpaired) electrons. The van der Waals surface area contributed by atoms with Crippen LogP contribution in [-0.4, -0.2) is 27.7 Å². The van der Waals surface area contributed by atoms with E-state index >= 15 is 8.78 Å². The van der Waals surface area contributed by atoms with Crippen molar-refractivity contribution in [2.45, 2.75) is 58.3 Å². The number of hydrogen-bond acceptors (Lipinski definition) is 2. The molecule has 0 spiro atoms. The fourth-order valence-electron chi connectivity index (χ4n) is 5.40. The smallest absolute Gasteiger partial charge is 0.295 e. The van der Waals surface area contributed by atoms with Gasteiger partial charge in [0.05, 0.1) is 0 Å². The molecule has 4 rings (SSSR count). The van der Waals surface area contributed by atoms with Crippen LogP contribution < -0.4 is 5.46 Å². The molecule has 0 N–H and O–H groups in total. The van der Waals surface area contributed by atoms with E-state index in [9.17, 15) is 13.2 Å². The standard InChI is InChI=1S/C27H28BF5N2/c1-25(2,3)34-27(17-13-9-7-10-14-17,18-15-11-8-12-16-18)35(26(4,5)6)28(34)19-20(29)22(31)24(33)23(32)21(19)30/h7-16H,1-6H3. The van der Waals surface area contributed by atoms with Crippen molar-refractivity contribution in [2.24, 2.45) is 0 Å². The molecule has 184 valence electrons. The predicted molar refractivity (Wildman–Crippen MR) is 128 cm³/mol. The highest BCUT2D eigenvalue weighted by atomic mass is 19.2. The van der Waals surface area contributed by atoms with Crippen LogP contribution in [0.5, 0.6) is 0 Å². The van der Waals surface area contributed by atoms with E-state index in [1.165, 1.54) is 0 Å². The summed E-state index contributed by atoms with van der Waals surface area (Å²) in [5.41, 5.74) is -1.78. The molecule has 2 nitrogen and oxygen atoms in total. The lowest BCUT2D eigenvalue weighted by Crippen LogP contribution is -2.90. The largest absolute Gasteiger partial charge is 0.357 e. The van der Waals surface area contributed by atoms with Crippen molar-refractivity contribution >= 4 is 12.4 Å². The first-order valence-electron chi connectivity index (χ1n) is 11.5. The number of hydrogen-bond donors (Lipinski definition) is 0. The van der Waals surface area contributed by atoms with Crippen LogP contribution >= 0.6 is 0 Å². The van der Waals surface area contributed by atoms with Crippen LogP contribution in [0.15, 0.2) is 60.7 Å². The van der Waals surface area contributed by atoms with Crippen LogP contribution in [0.2, 0.25) is 0 Å². The maximum Gasteiger partial charge on any atom is 0.357 e. The average molecular weight is 486 g/mol. The van der Waals surface area contributed by atoms with Crippen LogP contribution in [0, 0.1) is 29.1 Å². The summed E-state index contributed by atoms with van der Waals surface area (Å²) < 4.78 is 73.4. The van der Waals surface area contributed by atoms with Crippen molar-refractivity contribution in [3.8, 4) is 0 Å². The number of benzene rings is 3. The molecule has 0 saturated carbocycles. The van der Waals surface area contributed by atoms with Crippen LogP contribution in [-0.2, 0) is 5.66 Å². The second kappa shape index (κ2) is 8.45. The third kappa shape index (κ3) is 3.69. The molecule has 3 aromatic rings. The Morgan fingerprint density at radius 3 is 1.17 bits per heavy atom. The molecule has 0 aromatic heterocycles. The quantitative estimate of drug-likeness (QED) is 0.189. The zero-order valence-corrected chi connectivity index (χ0v) is 20.6. The molecule has 3 aromatic carbocycles. The van der Waals surface area contributed by atoms with E-state index in [1.54, 1.807) is 0 Å². The second-order valence-electron chi connectivity index (χ2n) is 10.8. The summed E-state index contributed by atoms with van der Waals surface area (Å²) >= 11 is 0. The summed E-state index contributed by atoms with van der Waals surface area (Å²) in [6.45, 7) is 9.97. The van der Waals surface area contributed by atoms with Gasteiger partial charge in [0.2, 0.25) is 0 Å². The summed E-state index contributed by atoms with van der Waals surface area (Å²) in [6.07, 6.45) is 0. The van der Waals surface area contributed by atoms with Gasteiger partial charge in [-0.1, -0.05) is 60.7 Å². The Hall–Kier alpha value is -2.71. The highest BCUT2D eigenvalue weighted by Crippen LogP contribution is 2.55. The van der Waals surface area contributed by atoms with Gasteiger partial charge in [-0.2, -0.15) is 0 Å². The Bertz CT molecular complexity index is 1140. The van der Waals surface area contributed by atoms with Gasteiger partial charge in [0.1, 0.15) is 5.66 Å². The van der Waals surface area contributed by atoms with Crippen LogP contribution in [0.4, 0.5) is 22.0 Å². The molecule has 1 aliphatic heterocycles. The van der Waals surface area contributed by atoms with E-state index in [2.05, 4.69) is 0 Å². The van der Waals surface area contributed by atoms with Crippen molar-refractivity contribution in [1.82, 2.24) is 9.62 Å². The van der Waals surface area contributed by atoms with Gasteiger partial charge < -0.3 is 0 Å². The molecule has 0 bridgehead atoms. The summed E-state index contributed by atoms with van der Waals surface area (Å²) in [5.74, 6) is -9.68. The Balaban J connectivity index is 2.14. The van der Waals surface area contributed by atoms with Crippen LogP contribution in [0.3, 0.4) is 0 Å². The first-order chi connectivity index (χ1) is 16.3. The molecular formula is C27H28BF5N2. The highest BCUT2D eigenvalue weighted by Gasteiger charge is 2.69. The fraction of sp³-hybridized carbons (Fsp3) is 0.333. The minimum Gasteiger partial charge on any atom is -0.295 e. The van der Waals surface area contributed by atoms with E-state index < -0.39 is 58.3 Å². The van der Waals surface area contributed by atoms with Crippen molar-refractivity contribution in [1.29, 1.82) is 0 Å². The molecule has 0 unspecified atom stereocenters. The molecule has 1 fully saturated rings. The summed E-state index contributed by atoms with van der Waals surface area (Å²) in [4.78, 5) is 3.68. The van der Waals surface area contributed by atoms with E-state index in [4.69, 9.17) is 0 Å². The van der Waals surface area contributed by atoms with Gasteiger partial charge in [0.15, 0.2) is 29.1 Å². The van der Waals surface area contributed by atoms with Crippen molar-refractivity contribution in [2.75, 3.05) is 0 Å². The maximum atomic E-state index is 15.3. The SMILES string of the molecule is CC(C)(C)N1B(c2c(F)c(F)c(F)c(F)c2F)N(C(C)(C)C)C1(c1ccccc1)c1ccccc1. The molecule has 8 heteroatoms. The van der Waals surface area contributed by atoms with E-state index in [-0.39, 0.29) is 0 Å². The topological polar surface area (TPSA) is 6.48 Å². The minimum atomic E-state index is -2.16. The average Bonchev–Trinajstić information content (AvgIpc) is 2.77. The lowest BCUT2D eigenvalue weighted by molar-refractivity contribution is -0.0941. The van der Waals surface area contributed by atoms with Gasteiger partial charge in [-0.25, -0.2) is 22.0 Å². The Morgan fingerprint density at radius 1 is 0.543 bits per heavy atom. The number of halogens is 5. The Labute approximate surface area is 203 Å². The van der Waals surface area contributed by atoms with Crippen molar-refractivity contribution in [3.63, 3.8) is 0 Å². The third-order valence-corrected chi connectivity index (χ3v) is 6.49. The Morgan fingerprint density at radius 2 is 0.857 bits per heavy atom. The molecule has 1 heterocycles. The second-order valence-corrected chi connectivity index (χ2v) is 10.8. The van der Waals surface area contributed by atoms with Crippen LogP contribution in [0.1, 0.15) is 52.7 Å². The molecule has 0 aliphatic carbocycles. The monoisotopic (exact) mass is 486 g/mol. The lowest BCUT2D eigenvalue weighted by atomic mass is 9.47. The first kappa shape index (κ1) is 25.4. The van der Waals surface area contributed by atoms with Crippen LogP contribution in [0.25, 0.3) is 0 Å². The van der Waals surface area contributed by atoms with Gasteiger partial charge in [-0.3, -0.25) is 9.62 Å². The molecule has 0 atom stereocenters. The first-order valence-corrected chi connectivity index (χ1v) is 11.5. The molecular weight excluding hydrogens is 458 g/mol.